The molecule has 0 radical (unpaired) electrons. The molecule has 0 aromatic rings. The van der Waals surface area contributed by atoms with Gasteiger partial charge >= 0.3 is 5.97 Å². The van der Waals surface area contributed by atoms with Gasteiger partial charge in [0.25, 0.3) is 0 Å². The number of esters is 1. The van der Waals surface area contributed by atoms with Gasteiger partial charge in [-0.2, -0.15) is 0 Å². The van der Waals surface area contributed by atoms with Crippen LogP contribution in [0.3, 0.4) is 0 Å². The fourth-order valence-corrected chi connectivity index (χ4v) is 5.52. The Labute approximate surface area is 153 Å². The highest BCUT2D eigenvalue weighted by molar-refractivity contribution is 5.75. The lowest BCUT2D eigenvalue weighted by Gasteiger charge is -2.50. The number of fused-ring (bicyclic) bond motifs is 2. The first-order valence-electron chi connectivity index (χ1n) is 10.3. The van der Waals surface area contributed by atoms with Gasteiger partial charge < -0.3 is 15.0 Å². The molecule has 25 heavy (non-hydrogen) atoms. The highest BCUT2D eigenvalue weighted by atomic mass is 16.6. The first-order chi connectivity index (χ1) is 12.0. The molecule has 3 rings (SSSR count). The smallest absolute Gasteiger partial charge is 0.310 e. The second-order valence-electron chi connectivity index (χ2n) is 8.63. The molecule has 5 atom stereocenters. The van der Waals surface area contributed by atoms with Crippen LogP contribution in [0.15, 0.2) is 12.2 Å². The minimum Gasteiger partial charge on any atom is -0.462 e. The lowest BCUT2D eigenvalue weighted by atomic mass is 9.55. The number of hydrogen-bond donors (Lipinski definition) is 1. The Bertz CT molecular complexity index is 502. The van der Waals surface area contributed by atoms with E-state index >= 15 is 0 Å². The molecule has 3 aliphatic rings. The van der Waals surface area contributed by atoms with E-state index in [0.717, 1.165) is 45.6 Å². The number of ether oxygens (including phenoxy) is 1. The summed E-state index contributed by atoms with van der Waals surface area (Å²) in [6.45, 7) is 16.0. The molecule has 3 fully saturated rings. The van der Waals surface area contributed by atoms with E-state index in [-0.39, 0.29) is 18.0 Å². The van der Waals surface area contributed by atoms with Crippen molar-refractivity contribution in [1.29, 1.82) is 0 Å². The zero-order chi connectivity index (χ0) is 18.0. The minimum absolute atomic E-state index is 0.0261. The summed E-state index contributed by atoms with van der Waals surface area (Å²) in [5.41, 5.74) is 1.71. The molecular formula is C21H36N2O2. The maximum absolute atomic E-state index is 12.5. The fraction of sp³-hybridized carbons (Fsp3) is 0.857. The van der Waals surface area contributed by atoms with Crippen molar-refractivity contribution >= 4 is 5.97 Å². The van der Waals surface area contributed by atoms with Crippen molar-refractivity contribution in [3.63, 3.8) is 0 Å². The average molecular weight is 349 g/mol. The number of likely N-dealkylation sites (N-methyl/N-ethyl adjacent to an activating group) is 1. The van der Waals surface area contributed by atoms with E-state index in [1.54, 1.807) is 0 Å². The van der Waals surface area contributed by atoms with Gasteiger partial charge in [0.05, 0.1) is 5.92 Å². The standard InChI is InChI=1S/C21H36N2O2/c1-5-23(6-2)11-10-22-14-17-16-12-18-15(3)8-7-9-21(18,4)13-19(16)25-20(17)24/h16-19,22H,3,5-14H2,1-2,4H3/t16-,17-,18-,19-,21-/m1/s1. The summed E-state index contributed by atoms with van der Waals surface area (Å²) in [7, 11) is 0. The van der Waals surface area contributed by atoms with E-state index in [1.807, 2.05) is 0 Å². The maximum atomic E-state index is 12.5. The van der Waals surface area contributed by atoms with Gasteiger partial charge in [-0.05, 0) is 56.5 Å². The third kappa shape index (κ3) is 3.80. The Morgan fingerprint density at radius 2 is 2.12 bits per heavy atom. The quantitative estimate of drug-likeness (QED) is 0.436. The van der Waals surface area contributed by atoms with Gasteiger partial charge in [0.15, 0.2) is 0 Å². The molecular weight excluding hydrogens is 312 g/mol. The molecule has 0 bridgehead atoms. The summed E-state index contributed by atoms with van der Waals surface area (Å²) in [6, 6.07) is 0. The van der Waals surface area contributed by atoms with Crippen molar-refractivity contribution in [2.75, 3.05) is 32.7 Å². The largest absolute Gasteiger partial charge is 0.462 e. The van der Waals surface area contributed by atoms with Gasteiger partial charge in [-0.1, -0.05) is 32.9 Å². The number of hydrogen-bond acceptors (Lipinski definition) is 4. The molecule has 1 aliphatic heterocycles. The normalized spacial score (nSPS) is 37.8. The Hall–Kier alpha value is -0.870. The van der Waals surface area contributed by atoms with Gasteiger partial charge in [0.1, 0.15) is 6.10 Å². The van der Waals surface area contributed by atoms with E-state index < -0.39 is 0 Å². The fourth-order valence-electron chi connectivity index (χ4n) is 5.52. The van der Waals surface area contributed by atoms with Crippen LogP contribution in [-0.2, 0) is 9.53 Å². The van der Waals surface area contributed by atoms with Crippen molar-refractivity contribution < 1.29 is 9.53 Å². The van der Waals surface area contributed by atoms with Gasteiger partial charge in [0.2, 0.25) is 0 Å². The Kier molecular flexibility index (Phi) is 5.89. The van der Waals surface area contributed by atoms with E-state index in [1.165, 1.54) is 24.8 Å². The number of nitrogens with zero attached hydrogens (tertiary/aromatic N) is 1. The zero-order valence-electron chi connectivity index (χ0n) is 16.4. The second-order valence-corrected chi connectivity index (χ2v) is 8.63. The van der Waals surface area contributed by atoms with Gasteiger partial charge in [-0.15, -0.1) is 0 Å². The number of carbonyl (C=O) groups excluding carboxylic acids is 1. The molecule has 0 spiro atoms. The first-order valence-corrected chi connectivity index (χ1v) is 10.3. The Balaban J connectivity index is 1.57. The lowest BCUT2D eigenvalue weighted by Crippen LogP contribution is -2.45. The van der Waals surface area contributed by atoms with Gasteiger partial charge in [-0.25, -0.2) is 0 Å². The van der Waals surface area contributed by atoms with Crippen LogP contribution in [0.4, 0.5) is 0 Å². The molecule has 4 nitrogen and oxygen atoms in total. The molecule has 1 heterocycles. The van der Waals surface area contributed by atoms with Crippen LogP contribution >= 0.6 is 0 Å². The molecule has 0 aromatic heterocycles. The maximum Gasteiger partial charge on any atom is 0.310 e. The second kappa shape index (κ2) is 7.79. The van der Waals surface area contributed by atoms with E-state index in [9.17, 15) is 4.79 Å². The molecule has 1 N–H and O–H groups in total. The predicted octanol–water partition coefficient (Wildman–Crippen LogP) is 3.23. The van der Waals surface area contributed by atoms with Crippen molar-refractivity contribution in [2.45, 2.75) is 59.0 Å². The summed E-state index contributed by atoms with van der Waals surface area (Å²) in [4.78, 5) is 14.9. The number of allylic oxidation sites excluding steroid dienone is 1. The molecule has 1 saturated heterocycles. The third-order valence-corrected chi connectivity index (χ3v) is 7.18. The minimum atomic E-state index is 0.0261. The number of nitrogens with one attached hydrogen (secondary N) is 1. The zero-order valence-corrected chi connectivity index (χ0v) is 16.4. The van der Waals surface area contributed by atoms with Crippen molar-refractivity contribution in [3.8, 4) is 0 Å². The Morgan fingerprint density at radius 1 is 1.36 bits per heavy atom. The van der Waals surface area contributed by atoms with Crippen molar-refractivity contribution in [3.05, 3.63) is 12.2 Å². The molecule has 0 unspecified atom stereocenters. The molecule has 2 saturated carbocycles. The van der Waals surface area contributed by atoms with Crippen LogP contribution in [0.2, 0.25) is 0 Å². The van der Waals surface area contributed by atoms with Crippen molar-refractivity contribution in [1.82, 2.24) is 10.2 Å². The van der Waals surface area contributed by atoms with Gasteiger partial charge in [-0.3, -0.25) is 4.79 Å². The van der Waals surface area contributed by atoms with E-state index in [0.29, 0.717) is 17.3 Å². The Morgan fingerprint density at radius 3 is 2.84 bits per heavy atom. The first kappa shape index (κ1) is 18.9. The molecule has 142 valence electrons. The molecule has 2 aliphatic carbocycles. The van der Waals surface area contributed by atoms with Crippen molar-refractivity contribution in [2.24, 2.45) is 23.2 Å². The summed E-state index contributed by atoms with van der Waals surface area (Å²) in [6.07, 6.45) is 5.92. The molecule has 4 heteroatoms. The predicted molar refractivity (Wildman–Crippen MR) is 101 cm³/mol. The summed E-state index contributed by atoms with van der Waals surface area (Å²) >= 11 is 0. The van der Waals surface area contributed by atoms with Gasteiger partial charge in [0, 0.05) is 25.6 Å². The molecule has 0 amide bonds. The lowest BCUT2D eigenvalue weighted by molar-refractivity contribution is -0.146. The van der Waals surface area contributed by atoms with Crippen LogP contribution in [0.1, 0.15) is 52.9 Å². The highest BCUT2D eigenvalue weighted by Gasteiger charge is 2.54. The van der Waals surface area contributed by atoms with Crippen LogP contribution in [0.25, 0.3) is 0 Å². The average Bonchev–Trinajstić information content (AvgIpc) is 2.87. The van der Waals surface area contributed by atoms with E-state index in [4.69, 9.17) is 4.74 Å². The number of carbonyl (C=O) groups is 1. The highest BCUT2D eigenvalue weighted by Crippen LogP contribution is 2.56. The monoisotopic (exact) mass is 348 g/mol. The van der Waals surface area contributed by atoms with Crippen LogP contribution in [-0.4, -0.2) is 49.7 Å². The third-order valence-electron chi connectivity index (χ3n) is 7.18. The number of rotatable bonds is 7. The van der Waals surface area contributed by atoms with Crippen LogP contribution in [0, 0.1) is 23.2 Å². The van der Waals surface area contributed by atoms with Crippen LogP contribution in [0.5, 0.6) is 0 Å². The van der Waals surface area contributed by atoms with Crippen LogP contribution < -0.4 is 5.32 Å². The summed E-state index contributed by atoms with van der Waals surface area (Å²) in [5.74, 6) is 1.01. The summed E-state index contributed by atoms with van der Waals surface area (Å²) in [5, 5.41) is 3.52. The molecule has 0 aromatic carbocycles. The van der Waals surface area contributed by atoms with E-state index in [2.05, 4.69) is 37.6 Å². The SMILES string of the molecule is C=C1CCC[C@]2(C)C[C@H]3OC(=O)[C@H](CNCCN(CC)CC)[C@H]3C[C@H]12. The topological polar surface area (TPSA) is 41.6 Å². The summed E-state index contributed by atoms with van der Waals surface area (Å²) < 4.78 is 5.83.